The van der Waals surface area contributed by atoms with Gasteiger partial charge in [0.1, 0.15) is 18.4 Å². The number of hydrogen-bond acceptors (Lipinski definition) is 5. The molecule has 0 bridgehead atoms. The van der Waals surface area contributed by atoms with Crippen molar-refractivity contribution in [2.45, 2.75) is 30.4 Å². The van der Waals surface area contributed by atoms with Crippen molar-refractivity contribution in [3.05, 3.63) is 94.0 Å². The highest BCUT2D eigenvalue weighted by molar-refractivity contribution is 7.89. The fraction of sp³-hybridized carbons (Fsp3) is 0.200. The third kappa shape index (κ3) is 6.21. The first-order chi connectivity index (χ1) is 16.8. The van der Waals surface area contributed by atoms with Gasteiger partial charge in [-0.15, -0.1) is 0 Å². The first kappa shape index (κ1) is 25.2. The molecule has 0 aromatic heterocycles. The average molecular weight is 532 g/mol. The van der Waals surface area contributed by atoms with Crippen LogP contribution in [0.4, 0.5) is 0 Å². The summed E-state index contributed by atoms with van der Waals surface area (Å²) >= 11 is 12.0. The largest absolute Gasteiger partial charge is 0.489 e. The third-order valence-corrected chi connectivity index (χ3v) is 8.09. The summed E-state index contributed by atoms with van der Waals surface area (Å²) in [5, 5.41) is 5.09. The van der Waals surface area contributed by atoms with Crippen LogP contribution in [-0.2, 0) is 21.4 Å². The Morgan fingerprint density at radius 1 is 1.06 bits per heavy atom. The number of halogens is 2. The van der Waals surface area contributed by atoms with Crippen molar-refractivity contribution in [1.29, 1.82) is 0 Å². The van der Waals surface area contributed by atoms with Crippen LogP contribution < -0.4 is 10.2 Å². The summed E-state index contributed by atoms with van der Waals surface area (Å²) < 4.78 is 33.0. The molecule has 1 aliphatic rings. The molecule has 0 aliphatic carbocycles. The van der Waals surface area contributed by atoms with Crippen molar-refractivity contribution in [1.82, 2.24) is 9.73 Å². The van der Waals surface area contributed by atoms with Crippen LogP contribution in [0.25, 0.3) is 0 Å². The van der Waals surface area contributed by atoms with E-state index in [0.717, 1.165) is 11.1 Å². The SMILES string of the molecule is O=C(N/N=C\c1ccc(OCc2ccccc2Cl)cc1)[C@H]1CCCN1S(=O)(=O)c1ccc(Cl)cc1. The van der Waals surface area contributed by atoms with Crippen LogP contribution in [0.3, 0.4) is 0 Å². The topological polar surface area (TPSA) is 88.1 Å². The Morgan fingerprint density at radius 2 is 1.77 bits per heavy atom. The number of nitrogens with zero attached hydrogens (tertiary/aromatic N) is 2. The van der Waals surface area contributed by atoms with Crippen LogP contribution in [0.15, 0.2) is 82.8 Å². The maximum Gasteiger partial charge on any atom is 0.258 e. The molecule has 35 heavy (non-hydrogen) atoms. The third-order valence-electron chi connectivity index (χ3n) is 5.55. The highest BCUT2D eigenvalue weighted by Crippen LogP contribution is 2.27. The molecular formula is C25H23Cl2N3O4S. The van der Waals surface area contributed by atoms with E-state index in [2.05, 4.69) is 10.5 Å². The second-order valence-electron chi connectivity index (χ2n) is 7.91. The van der Waals surface area contributed by atoms with E-state index in [0.29, 0.717) is 35.2 Å². The molecule has 1 N–H and O–H groups in total. The Balaban J connectivity index is 1.33. The number of sulfonamides is 1. The summed E-state index contributed by atoms with van der Waals surface area (Å²) in [6, 6.07) is 19.7. The lowest BCUT2D eigenvalue weighted by Crippen LogP contribution is -2.44. The lowest BCUT2D eigenvalue weighted by molar-refractivity contribution is -0.124. The molecule has 1 atom stereocenters. The predicted molar refractivity (Wildman–Crippen MR) is 136 cm³/mol. The Morgan fingerprint density at radius 3 is 2.49 bits per heavy atom. The van der Waals surface area contributed by atoms with E-state index < -0.39 is 22.0 Å². The van der Waals surface area contributed by atoms with Gasteiger partial charge in [0.05, 0.1) is 11.1 Å². The minimum atomic E-state index is -3.82. The van der Waals surface area contributed by atoms with Gasteiger partial charge in [0, 0.05) is 22.2 Å². The van der Waals surface area contributed by atoms with E-state index in [4.69, 9.17) is 27.9 Å². The zero-order chi connectivity index (χ0) is 24.8. The lowest BCUT2D eigenvalue weighted by atomic mass is 10.2. The fourth-order valence-corrected chi connectivity index (χ4v) is 5.68. The number of rotatable bonds is 8. The Bertz CT molecular complexity index is 1310. The first-order valence-corrected chi connectivity index (χ1v) is 13.1. The first-order valence-electron chi connectivity index (χ1n) is 10.9. The summed E-state index contributed by atoms with van der Waals surface area (Å²) in [5.41, 5.74) is 4.09. The van der Waals surface area contributed by atoms with Crippen molar-refractivity contribution in [3.8, 4) is 5.75 Å². The lowest BCUT2D eigenvalue weighted by Gasteiger charge is -2.22. The van der Waals surface area contributed by atoms with Gasteiger partial charge < -0.3 is 4.74 Å². The number of ether oxygens (including phenoxy) is 1. The van der Waals surface area contributed by atoms with Crippen molar-refractivity contribution in [2.24, 2.45) is 5.10 Å². The molecule has 0 spiro atoms. The number of carbonyl (C=O) groups excluding carboxylic acids is 1. The van der Waals surface area contributed by atoms with Crippen molar-refractivity contribution in [2.75, 3.05) is 6.54 Å². The zero-order valence-corrected chi connectivity index (χ0v) is 20.9. The number of amides is 1. The molecular weight excluding hydrogens is 509 g/mol. The molecule has 1 saturated heterocycles. The maximum atomic E-state index is 13.0. The van der Waals surface area contributed by atoms with Gasteiger partial charge in [-0.1, -0.05) is 41.4 Å². The van der Waals surface area contributed by atoms with Crippen LogP contribution in [0.5, 0.6) is 5.75 Å². The number of hydrazone groups is 1. The molecule has 10 heteroatoms. The van der Waals surface area contributed by atoms with Crippen LogP contribution >= 0.6 is 23.2 Å². The van der Waals surface area contributed by atoms with E-state index in [-0.39, 0.29) is 11.4 Å². The summed E-state index contributed by atoms with van der Waals surface area (Å²) in [4.78, 5) is 12.8. The van der Waals surface area contributed by atoms with E-state index in [1.807, 2.05) is 24.3 Å². The van der Waals surface area contributed by atoms with Crippen molar-refractivity contribution < 1.29 is 17.9 Å². The molecule has 0 unspecified atom stereocenters. The maximum absolute atomic E-state index is 13.0. The Kier molecular flexibility index (Phi) is 8.07. The van der Waals surface area contributed by atoms with Gasteiger partial charge >= 0.3 is 0 Å². The molecule has 1 aliphatic heterocycles. The van der Waals surface area contributed by atoms with Gasteiger partial charge in [0.25, 0.3) is 5.91 Å². The zero-order valence-electron chi connectivity index (χ0n) is 18.6. The van der Waals surface area contributed by atoms with Crippen LogP contribution in [0.1, 0.15) is 24.0 Å². The minimum Gasteiger partial charge on any atom is -0.489 e. The summed E-state index contributed by atoms with van der Waals surface area (Å²) in [6.07, 6.45) is 2.50. The monoisotopic (exact) mass is 531 g/mol. The Labute approximate surface area is 214 Å². The second-order valence-corrected chi connectivity index (χ2v) is 10.6. The van der Waals surface area contributed by atoms with E-state index in [1.165, 1.54) is 34.8 Å². The highest BCUT2D eigenvalue weighted by Gasteiger charge is 2.39. The number of benzene rings is 3. The molecule has 7 nitrogen and oxygen atoms in total. The van der Waals surface area contributed by atoms with Crippen LogP contribution in [0, 0.1) is 0 Å². The number of hydrogen-bond donors (Lipinski definition) is 1. The molecule has 4 rings (SSSR count). The molecule has 3 aromatic rings. The molecule has 1 heterocycles. The predicted octanol–water partition coefficient (Wildman–Crippen LogP) is 4.88. The molecule has 0 radical (unpaired) electrons. The number of nitrogens with one attached hydrogen (secondary N) is 1. The molecule has 0 saturated carbocycles. The number of carbonyl (C=O) groups is 1. The molecule has 1 fully saturated rings. The molecule has 182 valence electrons. The Hall–Kier alpha value is -2.91. The van der Waals surface area contributed by atoms with Crippen LogP contribution in [-0.4, -0.2) is 37.4 Å². The highest BCUT2D eigenvalue weighted by atomic mass is 35.5. The van der Waals surface area contributed by atoms with Crippen molar-refractivity contribution in [3.63, 3.8) is 0 Å². The van der Waals surface area contributed by atoms with E-state index in [1.54, 1.807) is 24.3 Å². The normalized spacial score (nSPS) is 16.5. The molecule has 3 aromatic carbocycles. The van der Waals surface area contributed by atoms with Gasteiger partial charge in [-0.3, -0.25) is 4.79 Å². The van der Waals surface area contributed by atoms with Gasteiger partial charge in [-0.05, 0) is 73.0 Å². The summed E-state index contributed by atoms with van der Waals surface area (Å²) in [6.45, 7) is 0.613. The smallest absolute Gasteiger partial charge is 0.258 e. The average Bonchev–Trinajstić information content (AvgIpc) is 3.36. The van der Waals surface area contributed by atoms with E-state index in [9.17, 15) is 13.2 Å². The van der Waals surface area contributed by atoms with E-state index >= 15 is 0 Å². The molecule has 1 amide bonds. The summed E-state index contributed by atoms with van der Waals surface area (Å²) in [7, 11) is -3.82. The van der Waals surface area contributed by atoms with Gasteiger partial charge in [-0.25, -0.2) is 13.8 Å². The minimum absolute atomic E-state index is 0.0990. The van der Waals surface area contributed by atoms with Crippen molar-refractivity contribution >= 4 is 45.3 Å². The summed E-state index contributed by atoms with van der Waals surface area (Å²) in [5.74, 6) is 0.191. The second kappa shape index (κ2) is 11.2. The van der Waals surface area contributed by atoms with Gasteiger partial charge in [-0.2, -0.15) is 9.41 Å². The van der Waals surface area contributed by atoms with Gasteiger partial charge in [0.15, 0.2) is 0 Å². The standard InChI is InChI=1S/C25H23Cl2N3O4S/c26-20-9-13-22(14-10-20)35(32,33)30-15-3-6-24(30)25(31)29-28-16-18-7-11-21(12-8-18)34-17-19-4-1-2-5-23(19)27/h1-2,4-5,7-14,16,24H,3,6,15,17H2,(H,29,31)/b28-16-/t24-/m1/s1. The van der Waals surface area contributed by atoms with Crippen LogP contribution in [0.2, 0.25) is 10.0 Å². The quantitative estimate of drug-likeness (QED) is 0.331. The fourth-order valence-electron chi connectivity index (χ4n) is 3.70. The van der Waals surface area contributed by atoms with Gasteiger partial charge in [0.2, 0.25) is 10.0 Å².